The quantitative estimate of drug-likeness (QED) is 0.445. The molecule has 2 aromatic carbocycles. The van der Waals surface area contributed by atoms with Gasteiger partial charge in [-0.1, -0.05) is 0 Å². The van der Waals surface area contributed by atoms with Crippen molar-refractivity contribution in [1.82, 2.24) is 4.98 Å². The Morgan fingerprint density at radius 1 is 0.957 bits per heavy atom. The first kappa shape index (κ1) is 18.1. The first-order valence-electron chi connectivity index (χ1n) is 7.09. The maximum absolute atomic E-state index is 4.25. The number of aromatic amines is 1. The molecule has 0 amide bonds. The predicted octanol–water partition coefficient (Wildman–Crippen LogP) is -3.65. The van der Waals surface area contributed by atoms with Crippen molar-refractivity contribution < 1.29 is 44.0 Å². The molecule has 4 heteroatoms. The van der Waals surface area contributed by atoms with Crippen molar-refractivity contribution in [3.05, 3.63) is 76.7 Å². The van der Waals surface area contributed by atoms with Crippen LogP contribution in [0.4, 0.5) is 0 Å². The monoisotopic (exact) mass is 375 g/mol. The van der Waals surface area contributed by atoms with Crippen molar-refractivity contribution in [2.45, 2.75) is 6.92 Å². The fourth-order valence-electron chi connectivity index (χ4n) is 2.96. The molecule has 23 heavy (non-hydrogen) atoms. The third kappa shape index (κ3) is 3.07. The largest absolute Gasteiger partial charge is 1.00 e. The third-order valence-electron chi connectivity index (χ3n) is 4.10. The van der Waals surface area contributed by atoms with E-state index in [1.807, 2.05) is 0 Å². The summed E-state index contributed by atoms with van der Waals surface area (Å²) in [7, 11) is 0. The summed E-state index contributed by atoms with van der Waals surface area (Å²) >= 11 is -0.403. The Balaban J connectivity index is 0.000000960. The summed E-state index contributed by atoms with van der Waals surface area (Å²) in [5, 5.41) is 4.04. The number of H-pyrrole nitrogens is 1. The van der Waals surface area contributed by atoms with Gasteiger partial charge in [-0.2, -0.15) is 0 Å². The van der Waals surface area contributed by atoms with Crippen LogP contribution < -0.4 is 39.3 Å². The van der Waals surface area contributed by atoms with Gasteiger partial charge in [0.2, 0.25) is 0 Å². The normalized spacial score (nSPS) is 12.0. The maximum Gasteiger partial charge on any atom is -1.00 e. The second kappa shape index (κ2) is 7.11. The number of halogens is 2. The first-order valence-corrected chi connectivity index (χ1v) is 8.65. The fourth-order valence-corrected chi connectivity index (χ4v) is 5.09. The molecule has 0 bridgehead atoms. The number of rotatable bonds is 2. The summed E-state index contributed by atoms with van der Waals surface area (Å²) in [6.45, 7) is 6.48. The minimum absolute atomic E-state index is 0. The Hall–Kier alpha value is -1.25. The van der Waals surface area contributed by atoms with Gasteiger partial charge in [0.15, 0.2) is 0 Å². The number of aromatic nitrogens is 1. The van der Waals surface area contributed by atoms with Crippen molar-refractivity contribution in [2.24, 2.45) is 0 Å². The second-order valence-corrected chi connectivity index (χ2v) is 7.38. The molecule has 1 aromatic heterocycles. The van der Waals surface area contributed by atoms with E-state index in [0.29, 0.717) is 0 Å². The molecule has 0 fully saturated rings. The van der Waals surface area contributed by atoms with Gasteiger partial charge in [-0.15, -0.1) is 0 Å². The van der Waals surface area contributed by atoms with Crippen LogP contribution in [0.2, 0.25) is 0 Å². The van der Waals surface area contributed by atoms with E-state index in [0.717, 1.165) is 0 Å². The zero-order chi connectivity index (χ0) is 14.4. The van der Waals surface area contributed by atoms with Gasteiger partial charge in [0.05, 0.1) is 0 Å². The van der Waals surface area contributed by atoms with E-state index in [9.17, 15) is 0 Å². The summed E-state index contributed by atoms with van der Waals surface area (Å²) in [5.41, 5.74) is 3.83. The summed E-state index contributed by atoms with van der Waals surface area (Å²) in [6.07, 6.45) is 2.21. The average Bonchev–Trinajstić information content (AvgIpc) is 2.99. The average molecular weight is 376 g/mol. The molecule has 0 spiro atoms. The predicted molar refractivity (Wildman–Crippen MR) is 85.4 cm³/mol. The van der Waals surface area contributed by atoms with Crippen LogP contribution in [-0.4, -0.2) is 4.98 Å². The van der Waals surface area contributed by atoms with E-state index >= 15 is 0 Å². The van der Waals surface area contributed by atoms with Crippen LogP contribution in [0, 0.1) is 6.92 Å². The molecule has 0 saturated carbocycles. The zero-order valence-corrected chi connectivity index (χ0v) is 15.7. The van der Waals surface area contributed by atoms with E-state index in [4.69, 9.17) is 0 Å². The summed E-state index contributed by atoms with van der Waals surface area (Å²) in [5.74, 6) is 0. The van der Waals surface area contributed by atoms with Crippen molar-refractivity contribution in [3.8, 4) is 0 Å². The molecule has 4 rings (SSSR count). The van der Waals surface area contributed by atoms with Crippen LogP contribution in [-0.2, 0) is 19.2 Å². The Morgan fingerprint density at radius 2 is 1.65 bits per heavy atom. The molecule has 1 heterocycles. The van der Waals surface area contributed by atoms with Gasteiger partial charge in [-0.05, 0) is 0 Å². The van der Waals surface area contributed by atoms with Gasteiger partial charge in [-0.25, -0.2) is 0 Å². The fraction of sp³-hybridized carbons (Fsp3) is 0.0526. The molecule has 0 aliphatic heterocycles. The zero-order valence-electron chi connectivity index (χ0n) is 12.7. The first-order chi connectivity index (χ1) is 10.2. The van der Waals surface area contributed by atoms with Crippen molar-refractivity contribution in [3.63, 3.8) is 0 Å². The molecule has 0 unspecified atom stereocenters. The van der Waals surface area contributed by atoms with E-state index in [-0.39, 0.29) is 24.8 Å². The standard InChI is InChI=1S/C10H7.C9H8N.2ClH.Ti/c1-8-6-9-4-2-3-5-10(9)7-8;1-7-6-10-9-5-3-2-4-8(7)9;;;/h2-6H,1H2;2-5,10H,1H3;2*1H;/q;;;;+2/p-2. The van der Waals surface area contributed by atoms with Crippen molar-refractivity contribution in [1.29, 1.82) is 0 Å². The van der Waals surface area contributed by atoms with Crippen molar-refractivity contribution >= 4 is 24.9 Å². The summed E-state index contributed by atoms with van der Waals surface area (Å²) < 4.78 is 2.87. The third-order valence-corrected chi connectivity index (χ3v) is 6.58. The minimum Gasteiger partial charge on any atom is -1.00 e. The van der Waals surface area contributed by atoms with Gasteiger partial charge >= 0.3 is 133 Å². The van der Waals surface area contributed by atoms with Crippen LogP contribution in [0.3, 0.4) is 0 Å². The number of hydrogen-bond acceptors (Lipinski definition) is 0. The Morgan fingerprint density at radius 3 is 2.43 bits per heavy atom. The molecule has 0 atom stereocenters. The van der Waals surface area contributed by atoms with Crippen LogP contribution in [0.15, 0.2) is 60.7 Å². The van der Waals surface area contributed by atoms with Crippen LogP contribution in [0.25, 0.3) is 20.9 Å². The molecule has 3 aromatic rings. The number of hydrogen-bond donors (Lipinski definition) is 1. The smallest absolute Gasteiger partial charge is 1.00 e. The Bertz CT molecular complexity index is 1000. The van der Waals surface area contributed by atoms with Gasteiger partial charge < -0.3 is 24.8 Å². The molecule has 0 saturated heterocycles. The number of nitrogens with one attached hydrogen (secondary N) is 1. The van der Waals surface area contributed by atoms with Crippen LogP contribution in [0.5, 0.6) is 0 Å². The molecule has 1 aliphatic carbocycles. The number of fused-ring (bicyclic) bond motifs is 2. The topological polar surface area (TPSA) is 15.8 Å². The SMILES string of the molecule is C=C1C=c2ccccc2=[C]1[Ti+2][c]1[nH]c2ccccc2c1C.[Cl-].[Cl-]. The van der Waals surface area contributed by atoms with E-state index in [1.165, 1.54) is 40.4 Å². The molecule has 1 aliphatic rings. The maximum atomic E-state index is 4.25. The molecular weight excluding hydrogens is 361 g/mol. The number of para-hydroxylation sites is 1. The summed E-state index contributed by atoms with van der Waals surface area (Å²) in [6, 6.07) is 17.2. The van der Waals surface area contributed by atoms with Gasteiger partial charge in [-0.3, -0.25) is 0 Å². The summed E-state index contributed by atoms with van der Waals surface area (Å²) in [4.78, 5) is 3.62. The number of allylic oxidation sites excluding steroid dienone is 1. The molecular formula is C19H15Cl2NTi. The Labute approximate surface area is 156 Å². The van der Waals surface area contributed by atoms with Gasteiger partial charge in [0.25, 0.3) is 0 Å². The van der Waals surface area contributed by atoms with E-state index in [1.54, 1.807) is 0 Å². The van der Waals surface area contributed by atoms with Crippen molar-refractivity contribution in [2.75, 3.05) is 0 Å². The number of benzene rings is 2. The molecule has 0 radical (unpaired) electrons. The molecule has 1 N–H and O–H groups in total. The molecule has 114 valence electrons. The number of aryl methyl sites for hydroxylation is 1. The van der Waals surface area contributed by atoms with E-state index in [2.05, 4.69) is 73.1 Å². The van der Waals surface area contributed by atoms with Gasteiger partial charge in [0.1, 0.15) is 0 Å². The van der Waals surface area contributed by atoms with Crippen LogP contribution >= 0.6 is 0 Å². The minimum atomic E-state index is -0.403. The second-order valence-electron chi connectivity index (χ2n) is 5.43. The van der Waals surface area contributed by atoms with E-state index < -0.39 is 19.2 Å². The van der Waals surface area contributed by atoms with Crippen LogP contribution in [0.1, 0.15) is 5.56 Å². The molecule has 1 nitrogen and oxygen atoms in total. The Kier molecular flexibility index (Phi) is 5.59. The van der Waals surface area contributed by atoms with Gasteiger partial charge in [0, 0.05) is 0 Å².